The van der Waals surface area contributed by atoms with E-state index in [1.54, 1.807) is 43.5 Å². The van der Waals surface area contributed by atoms with Crippen LogP contribution in [-0.2, 0) is 11.3 Å². The average Bonchev–Trinajstić information content (AvgIpc) is 3.07. The normalized spacial score (nSPS) is 16.5. The van der Waals surface area contributed by atoms with Gasteiger partial charge >= 0.3 is 5.97 Å². The molecule has 1 N–H and O–H groups in total. The second-order valence-electron chi connectivity index (χ2n) is 5.03. The Balaban J connectivity index is 1.93. The molecule has 0 bridgehead atoms. The maximum Gasteiger partial charge on any atom is 0.312 e. The highest BCUT2D eigenvalue weighted by Crippen LogP contribution is 2.31. The van der Waals surface area contributed by atoms with E-state index < -0.39 is 11.9 Å². The van der Waals surface area contributed by atoms with Gasteiger partial charge in [-0.05, 0) is 42.8 Å². The Morgan fingerprint density at radius 3 is 2.52 bits per heavy atom. The monoisotopic (exact) mass is 285 g/mol. The molecule has 0 radical (unpaired) electrons. The van der Waals surface area contributed by atoms with E-state index in [0.29, 0.717) is 35.7 Å². The average molecular weight is 285 g/mol. The third-order valence-electron chi connectivity index (χ3n) is 3.90. The molecule has 1 aliphatic heterocycles. The smallest absolute Gasteiger partial charge is 0.312 e. The minimum Gasteiger partial charge on any atom is -0.497 e. The van der Waals surface area contributed by atoms with Gasteiger partial charge in [-0.1, -0.05) is 0 Å². The fourth-order valence-electron chi connectivity index (χ4n) is 2.78. The molecule has 1 aromatic carbocycles. The highest BCUT2D eigenvalue weighted by molar-refractivity contribution is 6.08. The van der Waals surface area contributed by atoms with Crippen LogP contribution >= 0.6 is 0 Å². The predicted molar refractivity (Wildman–Crippen MR) is 75.9 cm³/mol. The number of methoxy groups -OCH3 is 1. The Morgan fingerprint density at radius 2 is 1.90 bits per heavy atom. The molecule has 0 amide bonds. The van der Waals surface area contributed by atoms with E-state index in [4.69, 9.17) is 4.74 Å². The second-order valence-corrected chi connectivity index (χ2v) is 5.03. The number of aliphatic carboxylic acids is 1. The summed E-state index contributed by atoms with van der Waals surface area (Å²) in [4.78, 5) is 23.7. The van der Waals surface area contributed by atoms with Crippen molar-refractivity contribution in [1.29, 1.82) is 0 Å². The van der Waals surface area contributed by atoms with Crippen LogP contribution in [0.1, 0.15) is 34.1 Å². The van der Waals surface area contributed by atoms with Crippen LogP contribution in [0, 0.1) is 0 Å². The van der Waals surface area contributed by atoms with E-state index in [-0.39, 0.29) is 5.78 Å². The molecule has 0 saturated carbocycles. The van der Waals surface area contributed by atoms with Crippen molar-refractivity contribution in [2.24, 2.45) is 0 Å². The van der Waals surface area contributed by atoms with Gasteiger partial charge in [0.1, 0.15) is 5.75 Å². The number of carboxylic acid groups (broad SMARTS) is 1. The standard InChI is InChI=1S/C16H15NO4/c1-21-11-4-2-10(3-5-11)15(18)14-7-6-13-12(16(19)20)8-9-17(13)14/h2-7,12H,8-9H2,1H3,(H,19,20)/t12-/m0/s1. The lowest BCUT2D eigenvalue weighted by Crippen LogP contribution is -2.10. The number of ketones is 1. The quantitative estimate of drug-likeness (QED) is 0.875. The van der Waals surface area contributed by atoms with Gasteiger partial charge in [-0.15, -0.1) is 0 Å². The number of carboxylic acids is 1. The molecule has 2 heterocycles. The Bertz CT molecular complexity index is 700. The number of aromatic nitrogens is 1. The first-order valence-electron chi connectivity index (χ1n) is 6.73. The number of hydrogen-bond donors (Lipinski definition) is 1. The number of fused-ring (bicyclic) bond motifs is 1. The maximum absolute atomic E-state index is 12.5. The number of carbonyl (C=O) groups excluding carboxylic acids is 1. The van der Waals surface area contributed by atoms with Crippen molar-refractivity contribution in [2.45, 2.75) is 18.9 Å². The van der Waals surface area contributed by atoms with Crippen molar-refractivity contribution in [3.8, 4) is 5.75 Å². The van der Waals surface area contributed by atoms with Crippen molar-refractivity contribution < 1.29 is 19.4 Å². The summed E-state index contributed by atoms with van der Waals surface area (Å²) in [6.45, 7) is 0.566. The van der Waals surface area contributed by atoms with Crippen LogP contribution in [0.25, 0.3) is 0 Å². The van der Waals surface area contributed by atoms with Gasteiger partial charge < -0.3 is 14.4 Å². The molecule has 5 heteroatoms. The van der Waals surface area contributed by atoms with Crippen LogP contribution in [0.4, 0.5) is 0 Å². The van der Waals surface area contributed by atoms with Crippen LogP contribution in [0.2, 0.25) is 0 Å². The van der Waals surface area contributed by atoms with E-state index in [0.717, 1.165) is 0 Å². The molecule has 21 heavy (non-hydrogen) atoms. The number of hydrogen-bond acceptors (Lipinski definition) is 3. The number of nitrogens with zero attached hydrogens (tertiary/aromatic N) is 1. The van der Waals surface area contributed by atoms with Crippen LogP contribution in [-0.4, -0.2) is 28.5 Å². The van der Waals surface area contributed by atoms with Gasteiger partial charge in [0.25, 0.3) is 0 Å². The Morgan fingerprint density at radius 1 is 1.19 bits per heavy atom. The predicted octanol–water partition coefficient (Wildman–Crippen LogP) is 2.30. The summed E-state index contributed by atoms with van der Waals surface area (Å²) < 4.78 is 6.88. The van der Waals surface area contributed by atoms with Crippen LogP contribution in [0.5, 0.6) is 5.75 Å². The number of carbonyl (C=O) groups is 2. The molecule has 3 rings (SSSR count). The zero-order valence-electron chi connectivity index (χ0n) is 11.6. The van der Waals surface area contributed by atoms with Crippen LogP contribution < -0.4 is 4.74 Å². The first-order chi connectivity index (χ1) is 10.1. The lowest BCUT2D eigenvalue weighted by molar-refractivity contribution is -0.138. The molecule has 1 aliphatic rings. The topological polar surface area (TPSA) is 68.5 Å². The number of benzene rings is 1. The molecular formula is C16H15NO4. The summed E-state index contributed by atoms with van der Waals surface area (Å²) in [5.41, 5.74) is 1.81. The van der Waals surface area contributed by atoms with Crippen molar-refractivity contribution in [3.05, 3.63) is 53.3 Å². The number of rotatable bonds is 4. The molecule has 5 nitrogen and oxygen atoms in total. The zero-order chi connectivity index (χ0) is 15.0. The Kier molecular flexibility index (Phi) is 3.25. The fraction of sp³-hybridized carbons (Fsp3) is 0.250. The first kappa shape index (κ1) is 13.4. The van der Waals surface area contributed by atoms with Gasteiger partial charge in [-0.3, -0.25) is 9.59 Å². The van der Waals surface area contributed by atoms with E-state index in [1.807, 2.05) is 4.57 Å². The summed E-state index contributed by atoms with van der Waals surface area (Å²) in [6.07, 6.45) is 0.536. The van der Waals surface area contributed by atoms with Crippen molar-refractivity contribution in [1.82, 2.24) is 4.57 Å². The summed E-state index contributed by atoms with van der Waals surface area (Å²) in [6, 6.07) is 10.3. The fourth-order valence-corrected chi connectivity index (χ4v) is 2.78. The van der Waals surface area contributed by atoms with Crippen molar-refractivity contribution >= 4 is 11.8 Å². The molecule has 0 aliphatic carbocycles. The molecule has 0 saturated heterocycles. The largest absolute Gasteiger partial charge is 0.497 e. The van der Waals surface area contributed by atoms with Gasteiger partial charge in [0.2, 0.25) is 5.78 Å². The van der Waals surface area contributed by atoms with E-state index in [2.05, 4.69) is 0 Å². The van der Waals surface area contributed by atoms with E-state index in [9.17, 15) is 14.7 Å². The zero-order valence-corrected chi connectivity index (χ0v) is 11.6. The lowest BCUT2D eigenvalue weighted by atomic mass is 10.1. The molecule has 0 unspecified atom stereocenters. The SMILES string of the molecule is COc1ccc(C(=O)c2ccc3n2CC[C@@H]3C(=O)O)cc1. The lowest BCUT2D eigenvalue weighted by Gasteiger charge is -2.06. The molecule has 2 aromatic rings. The van der Waals surface area contributed by atoms with E-state index >= 15 is 0 Å². The Labute approximate surface area is 121 Å². The van der Waals surface area contributed by atoms with E-state index in [1.165, 1.54) is 0 Å². The van der Waals surface area contributed by atoms with Crippen LogP contribution in [0.15, 0.2) is 36.4 Å². The van der Waals surface area contributed by atoms with Gasteiger partial charge in [0.15, 0.2) is 0 Å². The third-order valence-corrected chi connectivity index (χ3v) is 3.90. The maximum atomic E-state index is 12.5. The van der Waals surface area contributed by atoms with Crippen molar-refractivity contribution in [2.75, 3.05) is 7.11 Å². The molecule has 0 fully saturated rings. The summed E-state index contributed by atoms with van der Waals surface area (Å²) in [5, 5.41) is 9.17. The van der Waals surface area contributed by atoms with Crippen molar-refractivity contribution in [3.63, 3.8) is 0 Å². The highest BCUT2D eigenvalue weighted by Gasteiger charge is 2.31. The summed E-state index contributed by atoms with van der Waals surface area (Å²) in [5.74, 6) is -0.759. The molecule has 108 valence electrons. The number of ether oxygens (including phenoxy) is 1. The molecule has 1 aromatic heterocycles. The minimum atomic E-state index is -0.838. The van der Waals surface area contributed by atoms with Gasteiger partial charge in [-0.25, -0.2) is 0 Å². The van der Waals surface area contributed by atoms with Gasteiger partial charge in [-0.2, -0.15) is 0 Å². The third kappa shape index (κ3) is 2.20. The van der Waals surface area contributed by atoms with Gasteiger partial charge in [0.05, 0.1) is 18.7 Å². The van der Waals surface area contributed by atoms with Crippen LogP contribution in [0.3, 0.4) is 0 Å². The van der Waals surface area contributed by atoms with Gasteiger partial charge in [0, 0.05) is 17.8 Å². The minimum absolute atomic E-state index is 0.102. The summed E-state index contributed by atoms with van der Waals surface area (Å²) in [7, 11) is 1.57. The highest BCUT2D eigenvalue weighted by atomic mass is 16.5. The first-order valence-corrected chi connectivity index (χ1v) is 6.73. The summed E-state index contributed by atoms with van der Waals surface area (Å²) >= 11 is 0. The Hall–Kier alpha value is -2.56. The molecule has 1 atom stereocenters. The molecule has 0 spiro atoms. The second kappa shape index (κ2) is 5.09. The molecular weight excluding hydrogens is 270 g/mol.